The average Bonchev–Trinajstić information content (AvgIpc) is 2.66. The highest BCUT2D eigenvalue weighted by molar-refractivity contribution is 7.11. The van der Waals surface area contributed by atoms with Crippen LogP contribution in [0.15, 0.2) is 18.2 Å². The van der Waals surface area contributed by atoms with Crippen molar-refractivity contribution in [2.45, 2.75) is 20.5 Å². The Morgan fingerprint density at radius 3 is 2.83 bits per heavy atom. The third-order valence-corrected chi connectivity index (χ3v) is 3.56. The van der Waals surface area contributed by atoms with E-state index in [1.807, 2.05) is 13.8 Å². The molecule has 0 aliphatic heterocycles. The fourth-order valence-corrected chi connectivity index (χ4v) is 2.32. The van der Waals surface area contributed by atoms with Crippen LogP contribution in [0.2, 0.25) is 0 Å². The maximum absolute atomic E-state index is 13.3. The van der Waals surface area contributed by atoms with Gasteiger partial charge in [-0.3, -0.25) is 0 Å². The van der Waals surface area contributed by atoms with Crippen molar-refractivity contribution in [1.82, 2.24) is 4.98 Å². The Bertz CT molecular complexity index is 596. The minimum absolute atomic E-state index is 0.0671. The van der Waals surface area contributed by atoms with E-state index in [-0.39, 0.29) is 17.9 Å². The maximum Gasteiger partial charge on any atom is 0.144 e. The van der Waals surface area contributed by atoms with Crippen molar-refractivity contribution in [3.63, 3.8) is 0 Å². The zero-order valence-electron chi connectivity index (χ0n) is 10.0. The van der Waals surface area contributed by atoms with Crippen LogP contribution < -0.4 is 4.74 Å². The van der Waals surface area contributed by atoms with Crippen molar-refractivity contribution in [3.8, 4) is 11.8 Å². The topological polar surface area (TPSA) is 45.9 Å². The number of aromatic nitrogens is 1. The molecule has 0 aliphatic carbocycles. The summed E-state index contributed by atoms with van der Waals surface area (Å²) in [7, 11) is 0. The molecule has 3 nitrogen and oxygen atoms in total. The van der Waals surface area contributed by atoms with E-state index in [1.165, 1.54) is 23.5 Å². The van der Waals surface area contributed by atoms with Gasteiger partial charge in [-0.25, -0.2) is 9.37 Å². The monoisotopic (exact) mass is 262 g/mol. The lowest BCUT2D eigenvalue weighted by atomic mass is 10.2. The molecule has 2 aromatic rings. The lowest BCUT2D eigenvalue weighted by Gasteiger charge is -2.06. The van der Waals surface area contributed by atoms with Gasteiger partial charge in [-0.2, -0.15) is 5.26 Å². The third kappa shape index (κ3) is 2.49. The van der Waals surface area contributed by atoms with Gasteiger partial charge in [0.2, 0.25) is 0 Å². The predicted molar refractivity (Wildman–Crippen MR) is 67.0 cm³/mol. The fraction of sp³-hybridized carbons (Fsp3) is 0.231. The normalized spacial score (nSPS) is 10.1. The van der Waals surface area contributed by atoms with Crippen LogP contribution in [0.25, 0.3) is 0 Å². The maximum atomic E-state index is 13.3. The Morgan fingerprint density at radius 1 is 1.44 bits per heavy atom. The molecule has 2 rings (SSSR count). The van der Waals surface area contributed by atoms with Crippen LogP contribution in [0, 0.1) is 31.0 Å². The number of hydrogen-bond donors (Lipinski definition) is 0. The van der Waals surface area contributed by atoms with Crippen molar-refractivity contribution in [2.75, 3.05) is 0 Å². The molecule has 0 saturated heterocycles. The third-order valence-electron chi connectivity index (χ3n) is 2.51. The van der Waals surface area contributed by atoms with E-state index in [0.29, 0.717) is 0 Å². The molecule has 18 heavy (non-hydrogen) atoms. The summed E-state index contributed by atoms with van der Waals surface area (Å²) < 4.78 is 18.8. The highest BCUT2D eigenvalue weighted by atomic mass is 32.1. The first-order valence-electron chi connectivity index (χ1n) is 5.36. The zero-order chi connectivity index (χ0) is 13.1. The Balaban J connectivity index is 2.16. The summed E-state index contributed by atoms with van der Waals surface area (Å²) in [6.07, 6.45) is 0. The first-order valence-corrected chi connectivity index (χ1v) is 6.17. The van der Waals surface area contributed by atoms with Crippen molar-refractivity contribution in [1.29, 1.82) is 5.26 Å². The number of benzene rings is 1. The highest BCUT2D eigenvalue weighted by Gasteiger charge is 2.10. The molecule has 0 fully saturated rings. The molecule has 1 heterocycles. The molecule has 0 bridgehead atoms. The second-order valence-corrected chi connectivity index (χ2v) is 5.05. The largest absolute Gasteiger partial charge is 0.485 e. The molecule has 0 N–H and O–H groups in total. The number of thiazole rings is 1. The van der Waals surface area contributed by atoms with E-state index < -0.39 is 5.82 Å². The number of halogens is 1. The average molecular weight is 262 g/mol. The molecule has 0 saturated carbocycles. The molecule has 0 radical (unpaired) electrons. The molecule has 5 heteroatoms. The summed E-state index contributed by atoms with van der Waals surface area (Å²) in [5, 5.41) is 9.68. The molecule has 0 amide bonds. The molecular formula is C13H11FN2OS. The van der Waals surface area contributed by atoms with E-state index >= 15 is 0 Å². The Kier molecular flexibility index (Phi) is 3.58. The van der Waals surface area contributed by atoms with Crippen LogP contribution >= 0.6 is 11.3 Å². The highest BCUT2D eigenvalue weighted by Crippen LogP contribution is 2.23. The lowest BCUT2D eigenvalue weighted by Crippen LogP contribution is -1.98. The minimum atomic E-state index is -0.568. The van der Waals surface area contributed by atoms with Gasteiger partial charge in [-0.15, -0.1) is 11.3 Å². The Labute approximate surface area is 108 Å². The SMILES string of the molecule is Cc1nc(COc2cccc(F)c2C#N)sc1C. The number of rotatable bonds is 3. The van der Waals surface area contributed by atoms with Gasteiger partial charge >= 0.3 is 0 Å². The van der Waals surface area contributed by atoms with Gasteiger partial charge in [-0.1, -0.05) is 6.07 Å². The first kappa shape index (κ1) is 12.5. The van der Waals surface area contributed by atoms with E-state index in [2.05, 4.69) is 4.98 Å². The molecule has 0 unspecified atom stereocenters. The molecule has 0 atom stereocenters. The molecule has 1 aromatic carbocycles. The predicted octanol–water partition coefficient (Wildman–Crippen LogP) is 3.35. The van der Waals surface area contributed by atoms with Gasteiger partial charge in [-0.05, 0) is 26.0 Å². The molecular weight excluding hydrogens is 251 g/mol. The number of aryl methyl sites for hydroxylation is 2. The summed E-state index contributed by atoms with van der Waals surface area (Å²) in [6, 6.07) is 6.13. The molecule has 0 spiro atoms. The van der Waals surface area contributed by atoms with Gasteiger partial charge < -0.3 is 4.74 Å². The Morgan fingerprint density at radius 2 is 2.22 bits per heavy atom. The van der Waals surface area contributed by atoms with Crippen molar-refractivity contribution in [3.05, 3.63) is 45.2 Å². The number of ether oxygens (including phenoxy) is 1. The van der Waals surface area contributed by atoms with Crippen molar-refractivity contribution < 1.29 is 9.13 Å². The number of hydrogen-bond acceptors (Lipinski definition) is 4. The van der Waals surface area contributed by atoms with E-state index in [0.717, 1.165) is 15.6 Å². The summed E-state index contributed by atoms with van der Waals surface area (Å²) >= 11 is 1.54. The van der Waals surface area contributed by atoms with E-state index in [1.54, 1.807) is 12.1 Å². The number of nitriles is 1. The van der Waals surface area contributed by atoms with Crippen molar-refractivity contribution >= 4 is 11.3 Å². The van der Waals surface area contributed by atoms with Gasteiger partial charge in [0, 0.05) is 4.88 Å². The van der Waals surface area contributed by atoms with Crippen LogP contribution in [-0.2, 0) is 6.61 Å². The van der Waals surface area contributed by atoms with Gasteiger partial charge in [0.1, 0.15) is 34.8 Å². The summed E-state index contributed by atoms with van der Waals surface area (Å²) in [6.45, 7) is 4.16. The summed E-state index contributed by atoms with van der Waals surface area (Å²) in [5.74, 6) is -0.315. The lowest BCUT2D eigenvalue weighted by molar-refractivity contribution is 0.302. The number of nitrogens with zero attached hydrogens (tertiary/aromatic N) is 2. The Hall–Kier alpha value is -1.93. The minimum Gasteiger partial charge on any atom is -0.485 e. The van der Waals surface area contributed by atoms with Gasteiger partial charge in [0.25, 0.3) is 0 Å². The van der Waals surface area contributed by atoms with Crippen LogP contribution in [0.1, 0.15) is 21.1 Å². The van der Waals surface area contributed by atoms with Crippen LogP contribution in [-0.4, -0.2) is 4.98 Å². The second-order valence-electron chi connectivity index (χ2n) is 3.76. The van der Waals surface area contributed by atoms with E-state index in [9.17, 15) is 4.39 Å². The summed E-state index contributed by atoms with van der Waals surface area (Å²) in [5.41, 5.74) is 0.904. The smallest absolute Gasteiger partial charge is 0.144 e. The molecule has 0 aliphatic rings. The fourth-order valence-electron chi connectivity index (χ4n) is 1.47. The second kappa shape index (κ2) is 5.15. The van der Waals surface area contributed by atoms with Gasteiger partial charge in [0.15, 0.2) is 0 Å². The van der Waals surface area contributed by atoms with E-state index in [4.69, 9.17) is 10.00 Å². The molecule has 1 aromatic heterocycles. The van der Waals surface area contributed by atoms with Gasteiger partial charge in [0.05, 0.1) is 5.69 Å². The van der Waals surface area contributed by atoms with Crippen LogP contribution in [0.5, 0.6) is 5.75 Å². The van der Waals surface area contributed by atoms with Crippen molar-refractivity contribution in [2.24, 2.45) is 0 Å². The quantitative estimate of drug-likeness (QED) is 0.852. The van der Waals surface area contributed by atoms with Crippen LogP contribution in [0.3, 0.4) is 0 Å². The summed E-state index contributed by atoms with van der Waals surface area (Å²) in [4.78, 5) is 5.45. The van der Waals surface area contributed by atoms with Crippen LogP contribution in [0.4, 0.5) is 4.39 Å². The zero-order valence-corrected chi connectivity index (χ0v) is 10.8. The standard InChI is InChI=1S/C13H11FN2OS/c1-8-9(2)18-13(16-8)7-17-12-5-3-4-11(14)10(12)6-15/h3-5H,7H2,1-2H3. The first-order chi connectivity index (χ1) is 8.61. The molecule has 92 valence electrons.